The van der Waals surface area contributed by atoms with Crippen LogP contribution in [0.15, 0.2) is 18.2 Å². The van der Waals surface area contributed by atoms with E-state index in [1.54, 1.807) is 0 Å². The van der Waals surface area contributed by atoms with Crippen LogP contribution in [0.2, 0.25) is 0 Å². The zero-order valence-electron chi connectivity index (χ0n) is 16.3. The Morgan fingerprint density at radius 2 is 1.63 bits per heavy atom. The third-order valence-corrected chi connectivity index (χ3v) is 6.64. The second kappa shape index (κ2) is 7.17. The largest absolute Gasteiger partial charge is 0.482 e. The highest BCUT2D eigenvalue weighted by Gasteiger charge is 2.51. The van der Waals surface area contributed by atoms with E-state index >= 15 is 0 Å². The number of amides is 1. The number of esters is 1. The van der Waals surface area contributed by atoms with Crippen molar-refractivity contribution in [3.05, 3.63) is 29.3 Å². The van der Waals surface area contributed by atoms with Gasteiger partial charge in [0.05, 0.1) is 0 Å². The minimum atomic E-state index is -0.520. The van der Waals surface area contributed by atoms with E-state index in [0.29, 0.717) is 5.75 Å². The molecule has 0 atom stereocenters. The molecule has 4 aliphatic carbocycles. The molecule has 0 heterocycles. The van der Waals surface area contributed by atoms with E-state index in [9.17, 15) is 9.59 Å². The highest BCUT2D eigenvalue weighted by molar-refractivity contribution is 5.81. The number of carbonyl (C=O) groups excluding carboxylic acids is 2. The molecular formula is C22H29NO4. The van der Waals surface area contributed by atoms with Gasteiger partial charge in [-0.15, -0.1) is 0 Å². The molecule has 5 nitrogen and oxygen atoms in total. The Labute approximate surface area is 160 Å². The maximum atomic E-state index is 12.4. The molecule has 1 N–H and O–H groups in total. The first-order valence-corrected chi connectivity index (χ1v) is 10.1. The molecule has 4 bridgehead atoms. The van der Waals surface area contributed by atoms with Gasteiger partial charge in [0, 0.05) is 5.54 Å². The lowest BCUT2D eigenvalue weighted by atomic mass is 9.53. The fourth-order valence-corrected chi connectivity index (χ4v) is 5.73. The predicted octanol–water partition coefficient (Wildman–Crippen LogP) is 3.31. The number of hydrogen-bond donors (Lipinski definition) is 1. The first-order valence-electron chi connectivity index (χ1n) is 10.1. The Balaban J connectivity index is 1.22. The molecule has 146 valence electrons. The molecule has 0 radical (unpaired) electrons. The van der Waals surface area contributed by atoms with Crippen molar-refractivity contribution >= 4 is 11.9 Å². The fraction of sp³-hybridized carbons (Fsp3) is 0.636. The molecule has 1 aromatic carbocycles. The molecule has 0 unspecified atom stereocenters. The minimum absolute atomic E-state index is 0.0475. The van der Waals surface area contributed by atoms with Crippen LogP contribution >= 0.6 is 0 Å². The number of aryl methyl sites for hydroxylation is 2. The molecule has 1 amide bonds. The van der Waals surface area contributed by atoms with Crippen molar-refractivity contribution in [2.24, 2.45) is 17.8 Å². The van der Waals surface area contributed by atoms with Crippen molar-refractivity contribution in [1.82, 2.24) is 5.32 Å². The van der Waals surface area contributed by atoms with Crippen molar-refractivity contribution in [3.8, 4) is 5.75 Å². The molecule has 0 spiro atoms. The van der Waals surface area contributed by atoms with Crippen LogP contribution in [0.5, 0.6) is 5.75 Å². The number of nitrogens with one attached hydrogen (secondary N) is 1. The molecule has 0 aromatic heterocycles. The molecule has 0 saturated heterocycles. The van der Waals surface area contributed by atoms with Crippen LogP contribution in [0.25, 0.3) is 0 Å². The summed E-state index contributed by atoms with van der Waals surface area (Å²) in [6, 6.07) is 5.67. The summed E-state index contributed by atoms with van der Waals surface area (Å²) in [6.45, 7) is 3.61. The second-order valence-corrected chi connectivity index (χ2v) is 8.94. The maximum absolute atomic E-state index is 12.4. The van der Waals surface area contributed by atoms with Gasteiger partial charge >= 0.3 is 5.97 Å². The molecular weight excluding hydrogens is 342 g/mol. The molecule has 0 aliphatic heterocycles. The summed E-state index contributed by atoms with van der Waals surface area (Å²) in [5.74, 6) is 2.24. The number of carbonyl (C=O) groups is 2. The topological polar surface area (TPSA) is 64.6 Å². The first-order chi connectivity index (χ1) is 12.9. The lowest BCUT2D eigenvalue weighted by Gasteiger charge is -2.56. The van der Waals surface area contributed by atoms with E-state index < -0.39 is 5.97 Å². The van der Waals surface area contributed by atoms with E-state index in [1.165, 1.54) is 24.8 Å². The Hall–Kier alpha value is -2.04. The van der Waals surface area contributed by atoms with Crippen LogP contribution in [0.1, 0.15) is 49.7 Å². The third kappa shape index (κ3) is 4.12. The Morgan fingerprint density at radius 3 is 2.22 bits per heavy atom. The molecule has 27 heavy (non-hydrogen) atoms. The number of hydrogen-bond acceptors (Lipinski definition) is 4. The van der Waals surface area contributed by atoms with Gasteiger partial charge < -0.3 is 14.8 Å². The molecule has 4 saturated carbocycles. The van der Waals surface area contributed by atoms with E-state index in [1.807, 2.05) is 32.0 Å². The first kappa shape index (κ1) is 18.3. The summed E-state index contributed by atoms with van der Waals surface area (Å²) in [7, 11) is 0. The van der Waals surface area contributed by atoms with Gasteiger partial charge in [-0.2, -0.15) is 0 Å². The van der Waals surface area contributed by atoms with Gasteiger partial charge in [-0.05, 0) is 93.4 Å². The highest BCUT2D eigenvalue weighted by atomic mass is 16.6. The average Bonchev–Trinajstić information content (AvgIpc) is 2.59. The molecule has 1 aromatic rings. The number of ether oxygens (including phenoxy) is 2. The van der Waals surface area contributed by atoms with E-state index in [2.05, 4.69) is 5.32 Å². The minimum Gasteiger partial charge on any atom is -0.482 e. The summed E-state index contributed by atoms with van der Waals surface area (Å²) in [5, 5.41) is 3.21. The standard InChI is InChI=1S/C22H29NO4/c1-14-3-4-19(5-15(14)2)26-13-21(25)27-12-20(24)23-22-9-16-6-17(10-22)8-18(7-16)11-22/h3-5,16-18H,6-13H2,1-2H3,(H,23,24). The zero-order valence-corrected chi connectivity index (χ0v) is 16.3. The van der Waals surface area contributed by atoms with Gasteiger partial charge in [-0.1, -0.05) is 6.07 Å². The lowest BCUT2D eigenvalue weighted by Crippen LogP contribution is -2.60. The summed E-state index contributed by atoms with van der Waals surface area (Å²) < 4.78 is 10.6. The maximum Gasteiger partial charge on any atom is 0.344 e. The van der Waals surface area contributed by atoms with Crippen molar-refractivity contribution in [2.45, 2.75) is 57.9 Å². The highest BCUT2D eigenvalue weighted by Crippen LogP contribution is 2.55. The van der Waals surface area contributed by atoms with Crippen molar-refractivity contribution in [1.29, 1.82) is 0 Å². The lowest BCUT2D eigenvalue weighted by molar-refractivity contribution is -0.151. The Morgan fingerprint density at radius 1 is 1.00 bits per heavy atom. The number of rotatable bonds is 6. The number of benzene rings is 1. The van der Waals surface area contributed by atoms with Gasteiger partial charge in [0.1, 0.15) is 5.75 Å². The van der Waals surface area contributed by atoms with Crippen molar-refractivity contribution < 1.29 is 19.1 Å². The Bertz CT molecular complexity index is 707. The van der Waals surface area contributed by atoms with Crippen LogP contribution in [0.3, 0.4) is 0 Å². The van der Waals surface area contributed by atoms with Crippen LogP contribution in [-0.4, -0.2) is 30.6 Å². The van der Waals surface area contributed by atoms with Gasteiger partial charge in [-0.25, -0.2) is 4.79 Å². The van der Waals surface area contributed by atoms with Gasteiger partial charge in [0.2, 0.25) is 0 Å². The predicted molar refractivity (Wildman–Crippen MR) is 101 cm³/mol. The summed E-state index contributed by atoms with van der Waals surface area (Å²) in [5.41, 5.74) is 2.23. The molecule has 5 rings (SSSR count). The summed E-state index contributed by atoms with van der Waals surface area (Å²) in [4.78, 5) is 24.3. The monoisotopic (exact) mass is 371 g/mol. The van der Waals surface area contributed by atoms with Crippen LogP contribution in [0.4, 0.5) is 0 Å². The second-order valence-electron chi connectivity index (χ2n) is 8.94. The van der Waals surface area contributed by atoms with Gasteiger partial charge in [0.25, 0.3) is 5.91 Å². The average molecular weight is 371 g/mol. The van der Waals surface area contributed by atoms with Crippen LogP contribution in [0, 0.1) is 31.6 Å². The Kier molecular flexibility index (Phi) is 4.87. The van der Waals surface area contributed by atoms with Crippen LogP contribution < -0.4 is 10.1 Å². The van der Waals surface area contributed by atoms with Gasteiger partial charge in [0.15, 0.2) is 13.2 Å². The molecule has 4 fully saturated rings. The third-order valence-electron chi connectivity index (χ3n) is 6.64. The molecule has 5 heteroatoms. The van der Waals surface area contributed by atoms with Gasteiger partial charge in [-0.3, -0.25) is 4.79 Å². The zero-order chi connectivity index (χ0) is 19.0. The smallest absolute Gasteiger partial charge is 0.344 e. The van der Waals surface area contributed by atoms with E-state index in [4.69, 9.17) is 9.47 Å². The summed E-state index contributed by atoms with van der Waals surface area (Å²) in [6.07, 6.45) is 7.28. The van der Waals surface area contributed by atoms with Crippen LogP contribution in [-0.2, 0) is 14.3 Å². The van der Waals surface area contributed by atoms with E-state index in [0.717, 1.165) is 42.6 Å². The molecule has 4 aliphatic rings. The quantitative estimate of drug-likeness (QED) is 0.779. The van der Waals surface area contributed by atoms with E-state index in [-0.39, 0.29) is 24.7 Å². The normalized spacial score (nSPS) is 30.8. The SMILES string of the molecule is Cc1ccc(OCC(=O)OCC(=O)NC23CC4CC(CC(C4)C2)C3)cc1C. The van der Waals surface area contributed by atoms with Crippen molar-refractivity contribution in [3.63, 3.8) is 0 Å². The fourth-order valence-electron chi connectivity index (χ4n) is 5.73. The van der Waals surface area contributed by atoms with Crippen molar-refractivity contribution in [2.75, 3.05) is 13.2 Å². The summed E-state index contributed by atoms with van der Waals surface area (Å²) >= 11 is 0.